The van der Waals surface area contributed by atoms with Crippen molar-refractivity contribution >= 4 is 11.6 Å². The summed E-state index contributed by atoms with van der Waals surface area (Å²) in [5, 5.41) is 0. The lowest BCUT2D eigenvalue weighted by Gasteiger charge is -2.38. The van der Waals surface area contributed by atoms with E-state index in [4.69, 9.17) is 4.74 Å². The van der Waals surface area contributed by atoms with Crippen molar-refractivity contribution in [2.75, 3.05) is 38.2 Å². The molecule has 1 heterocycles. The molecule has 0 N–H and O–H groups in total. The normalized spacial score (nSPS) is 21.8. The summed E-state index contributed by atoms with van der Waals surface area (Å²) in [5.74, 6) is 1.44. The molecule has 1 amide bonds. The summed E-state index contributed by atoms with van der Waals surface area (Å²) in [4.78, 5) is 16.9. The number of allylic oxidation sites excluding steroid dienone is 2. The van der Waals surface area contributed by atoms with Crippen LogP contribution in [0, 0.1) is 5.92 Å². The van der Waals surface area contributed by atoms with Crippen LogP contribution < -0.4 is 9.64 Å². The van der Waals surface area contributed by atoms with E-state index < -0.39 is 0 Å². The standard InChI is InChI=1S/C18H24N2O2/c1-22-17-10-6-5-9-16(17)19-11-13-20(14-12-19)18(21)15-7-3-2-4-8-15/h2-3,5-6,9-10,15H,4,7-8,11-14H2,1H3/t15-/m0/s1. The minimum atomic E-state index is 0.197. The molecule has 1 saturated heterocycles. The number of nitrogens with zero attached hydrogens (tertiary/aromatic N) is 2. The summed E-state index contributed by atoms with van der Waals surface area (Å²) in [6.45, 7) is 3.34. The molecule has 1 fully saturated rings. The first-order valence-electron chi connectivity index (χ1n) is 8.11. The summed E-state index contributed by atoms with van der Waals surface area (Å²) in [7, 11) is 1.70. The molecule has 1 aromatic carbocycles. The van der Waals surface area contributed by atoms with Crippen LogP contribution in [0.4, 0.5) is 5.69 Å². The van der Waals surface area contributed by atoms with Gasteiger partial charge in [-0.1, -0.05) is 24.3 Å². The maximum absolute atomic E-state index is 12.6. The Morgan fingerprint density at radius 3 is 2.59 bits per heavy atom. The molecule has 4 heteroatoms. The third kappa shape index (κ3) is 3.11. The predicted molar refractivity (Wildman–Crippen MR) is 88.3 cm³/mol. The Balaban J connectivity index is 1.60. The Morgan fingerprint density at radius 2 is 1.91 bits per heavy atom. The van der Waals surface area contributed by atoms with Crippen LogP contribution >= 0.6 is 0 Å². The van der Waals surface area contributed by atoms with E-state index in [1.807, 2.05) is 23.1 Å². The molecule has 2 aliphatic rings. The van der Waals surface area contributed by atoms with Crippen molar-refractivity contribution in [3.05, 3.63) is 36.4 Å². The van der Waals surface area contributed by atoms with Crippen molar-refractivity contribution in [1.82, 2.24) is 4.90 Å². The molecule has 1 aliphatic carbocycles. The number of methoxy groups -OCH3 is 1. The van der Waals surface area contributed by atoms with Gasteiger partial charge in [0.15, 0.2) is 0 Å². The highest BCUT2D eigenvalue weighted by atomic mass is 16.5. The van der Waals surface area contributed by atoms with E-state index in [9.17, 15) is 4.79 Å². The average Bonchev–Trinajstić information content (AvgIpc) is 2.62. The van der Waals surface area contributed by atoms with Crippen molar-refractivity contribution in [1.29, 1.82) is 0 Å². The molecular weight excluding hydrogens is 276 g/mol. The summed E-state index contributed by atoms with van der Waals surface area (Å²) < 4.78 is 5.44. The molecule has 0 saturated carbocycles. The second kappa shape index (κ2) is 6.86. The van der Waals surface area contributed by atoms with E-state index in [0.717, 1.165) is 56.9 Å². The Kier molecular flexibility index (Phi) is 4.66. The lowest BCUT2D eigenvalue weighted by molar-refractivity contribution is -0.136. The Hall–Kier alpha value is -1.97. The SMILES string of the molecule is COc1ccccc1N1CCN(C(=O)[C@H]2CC=CCC2)CC1. The topological polar surface area (TPSA) is 32.8 Å². The van der Waals surface area contributed by atoms with Gasteiger partial charge in [0.25, 0.3) is 0 Å². The third-order valence-electron chi connectivity index (χ3n) is 4.64. The summed E-state index contributed by atoms with van der Waals surface area (Å²) in [5.41, 5.74) is 1.12. The van der Waals surface area contributed by atoms with Crippen LogP contribution in [0.25, 0.3) is 0 Å². The first-order valence-corrected chi connectivity index (χ1v) is 8.11. The molecule has 1 atom stereocenters. The number of hydrogen-bond acceptors (Lipinski definition) is 3. The zero-order valence-electron chi connectivity index (χ0n) is 13.2. The predicted octanol–water partition coefficient (Wildman–Crippen LogP) is 2.70. The van der Waals surface area contributed by atoms with Crippen LogP contribution in [0.5, 0.6) is 5.75 Å². The maximum Gasteiger partial charge on any atom is 0.226 e. The molecule has 22 heavy (non-hydrogen) atoms. The molecule has 0 spiro atoms. The molecule has 4 nitrogen and oxygen atoms in total. The van der Waals surface area contributed by atoms with E-state index in [0.29, 0.717) is 5.91 Å². The number of rotatable bonds is 3. The van der Waals surface area contributed by atoms with E-state index in [1.165, 1.54) is 0 Å². The minimum absolute atomic E-state index is 0.197. The highest BCUT2D eigenvalue weighted by molar-refractivity contribution is 5.79. The van der Waals surface area contributed by atoms with Crippen molar-refractivity contribution in [3.63, 3.8) is 0 Å². The lowest BCUT2D eigenvalue weighted by atomic mass is 9.93. The van der Waals surface area contributed by atoms with Crippen LogP contribution in [-0.2, 0) is 4.79 Å². The average molecular weight is 300 g/mol. The number of amides is 1. The van der Waals surface area contributed by atoms with Gasteiger partial charge in [0.05, 0.1) is 12.8 Å². The van der Waals surface area contributed by atoms with E-state index in [2.05, 4.69) is 23.1 Å². The van der Waals surface area contributed by atoms with Crippen molar-refractivity contribution in [2.45, 2.75) is 19.3 Å². The molecular formula is C18H24N2O2. The van der Waals surface area contributed by atoms with Gasteiger partial charge in [-0.2, -0.15) is 0 Å². The van der Waals surface area contributed by atoms with Crippen molar-refractivity contribution in [3.8, 4) is 5.75 Å². The van der Waals surface area contributed by atoms with Gasteiger partial charge in [-0.3, -0.25) is 4.79 Å². The molecule has 3 rings (SSSR count). The molecule has 0 radical (unpaired) electrons. The Bertz CT molecular complexity index is 548. The summed E-state index contributed by atoms with van der Waals surface area (Å²) in [6, 6.07) is 8.09. The number of para-hydroxylation sites is 2. The zero-order valence-corrected chi connectivity index (χ0v) is 13.2. The lowest BCUT2D eigenvalue weighted by Crippen LogP contribution is -2.50. The van der Waals surface area contributed by atoms with Gasteiger partial charge in [0.2, 0.25) is 5.91 Å². The number of carbonyl (C=O) groups is 1. The van der Waals surface area contributed by atoms with Gasteiger partial charge < -0.3 is 14.5 Å². The molecule has 118 valence electrons. The summed E-state index contributed by atoms with van der Waals surface area (Å²) in [6.07, 6.45) is 7.28. The monoisotopic (exact) mass is 300 g/mol. The first kappa shape index (κ1) is 14.9. The molecule has 1 aliphatic heterocycles. The number of benzene rings is 1. The van der Waals surface area contributed by atoms with Gasteiger partial charge in [-0.05, 0) is 31.4 Å². The number of carbonyl (C=O) groups excluding carboxylic acids is 1. The van der Waals surface area contributed by atoms with Gasteiger partial charge in [0.1, 0.15) is 5.75 Å². The fraction of sp³-hybridized carbons (Fsp3) is 0.500. The quantitative estimate of drug-likeness (QED) is 0.805. The van der Waals surface area contributed by atoms with Crippen molar-refractivity contribution in [2.24, 2.45) is 5.92 Å². The Morgan fingerprint density at radius 1 is 1.14 bits per heavy atom. The molecule has 0 aromatic heterocycles. The highest BCUT2D eigenvalue weighted by Crippen LogP contribution is 2.29. The maximum atomic E-state index is 12.6. The number of ether oxygens (including phenoxy) is 1. The Labute approximate surface area is 132 Å². The van der Waals surface area contributed by atoms with Gasteiger partial charge in [0, 0.05) is 32.1 Å². The van der Waals surface area contributed by atoms with E-state index in [-0.39, 0.29) is 5.92 Å². The van der Waals surface area contributed by atoms with Crippen LogP contribution in [0.1, 0.15) is 19.3 Å². The highest BCUT2D eigenvalue weighted by Gasteiger charge is 2.27. The first-order chi connectivity index (χ1) is 10.8. The smallest absolute Gasteiger partial charge is 0.226 e. The fourth-order valence-corrected chi connectivity index (χ4v) is 3.33. The number of anilines is 1. The number of piperazine rings is 1. The van der Waals surface area contributed by atoms with Crippen molar-refractivity contribution < 1.29 is 9.53 Å². The zero-order chi connectivity index (χ0) is 15.4. The van der Waals surface area contributed by atoms with E-state index >= 15 is 0 Å². The summed E-state index contributed by atoms with van der Waals surface area (Å²) >= 11 is 0. The molecule has 1 aromatic rings. The van der Waals surface area contributed by atoms with Crippen LogP contribution in [0.3, 0.4) is 0 Å². The van der Waals surface area contributed by atoms with E-state index in [1.54, 1.807) is 7.11 Å². The van der Waals surface area contributed by atoms with Crippen LogP contribution in [0.2, 0.25) is 0 Å². The third-order valence-corrected chi connectivity index (χ3v) is 4.64. The van der Waals surface area contributed by atoms with Gasteiger partial charge in [-0.15, -0.1) is 0 Å². The van der Waals surface area contributed by atoms with Crippen LogP contribution in [-0.4, -0.2) is 44.1 Å². The second-order valence-corrected chi connectivity index (χ2v) is 5.97. The second-order valence-electron chi connectivity index (χ2n) is 5.97. The number of hydrogen-bond donors (Lipinski definition) is 0. The van der Waals surface area contributed by atoms with Crippen LogP contribution in [0.15, 0.2) is 36.4 Å². The molecule has 0 unspecified atom stereocenters. The van der Waals surface area contributed by atoms with Gasteiger partial charge >= 0.3 is 0 Å². The minimum Gasteiger partial charge on any atom is -0.495 e. The molecule has 0 bridgehead atoms. The largest absolute Gasteiger partial charge is 0.495 e. The fourth-order valence-electron chi connectivity index (χ4n) is 3.33. The van der Waals surface area contributed by atoms with Gasteiger partial charge in [-0.25, -0.2) is 0 Å².